The van der Waals surface area contributed by atoms with Crippen molar-refractivity contribution in [2.45, 2.75) is 40.2 Å². The zero-order valence-electron chi connectivity index (χ0n) is 18.0. The van der Waals surface area contributed by atoms with Crippen LogP contribution in [0.15, 0.2) is 4.99 Å². The normalized spacial score (nSPS) is 24.6. The Morgan fingerprint density at radius 3 is 2.54 bits per heavy atom. The Morgan fingerprint density at radius 2 is 1.89 bits per heavy atom. The van der Waals surface area contributed by atoms with Gasteiger partial charge in [-0.05, 0) is 38.1 Å². The molecule has 0 saturated carbocycles. The van der Waals surface area contributed by atoms with Crippen LogP contribution in [0.5, 0.6) is 0 Å². The molecule has 8 nitrogen and oxygen atoms in total. The maximum atomic E-state index is 5.43. The lowest BCUT2D eigenvalue weighted by atomic mass is 9.92. The van der Waals surface area contributed by atoms with E-state index in [1.807, 2.05) is 18.5 Å². The number of hydrogen-bond acceptors (Lipinski definition) is 5. The van der Waals surface area contributed by atoms with E-state index in [1.165, 1.54) is 6.42 Å². The number of hydrogen-bond donors (Lipinski definition) is 1. The van der Waals surface area contributed by atoms with E-state index in [2.05, 4.69) is 39.2 Å². The summed E-state index contributed by atoms with van der Waals surface area (Å²) in [4.78, 5) is 9.83. The summed E-state index contributed by atoms with van der Waals surface area (Å²) in [5.41, 5.74) is 0. The lowest BCUT2D eigenvalue weighted by Crippen LogP contribution is -2.49. The van der Waals surface area contributed by atoms with Gasteiger partial charge in [0.25, 0.3) is 0 Å². The van der Waals surface area contributed by atoms with E-state index in [-0.39, 0.29) is 0 Å². The van der Waals surface area contributed by atoms with E-state index < -0.39 is 0 Å². The molecule has 0 radical (unpaired) electrons. The number of aromatic nitrogens is 3. The van der Waals surface area contributed by atoms with E-state index in [4.69, 9.17) is 9.73 Å². The van der Waals surface area contributed by atoms with Gasteiger partial charge >= 0.3 is 0 Å². The summed E-state index contributed by atoms with van der Waals surface area (Å²) in [7, 11) is 2.00. The van der Waals surface area contributed by atoms with Crippen LogP contribution in [-0.4, -0.2) is 83.0 Å². The molecule has 8 heteroatoms. The average molecular weight is 392 g/mol. The van der Waals surface area contributed by atoms with Crippen molar-refractivity contribution in [1.29, 1.82) is 0 Å². The van der Waals surface area contributed by atoms with Crippen LogP contribution in [0.25, 0.3) is 0 Å². The van der Waals surface area contributed by atoms with E-state index in [0.29, 0.717) is 18.4 Å². The summed E-state index contributed by atoms with van der Waals surface area (Å²) >= 11 is 0. The first kappa shape index (κ1) is 21.0. The maximum absolute atomic E-state index is 5.43. The van der Waals surface area contributed by atoms with Crippen molar-refractivity contribution in [1.82, 2.24) is 29.9 Å². The van der Waals surface area contributed by atoms with Crippen molar-refractivity contribution < 1.29 is 4.74 Å². The van der Waals surface area contributed by atoms with Gasteiger partial charge in [-0.25, -0.2) is 4.99 Å². The third-order valence-corrected chi connectivity index (χ3v) is 5.76. The summed E-state index contributed by atoms with van der Waals surface area (Å²) in [6.07, 6.45) is 2.41. The topological polar surface area (TPSA) is 70.8 Å². The minimum atomic E-state index is 0.558. The van der Waals surface area contributed by atoms with Crippen molar-refractivity contribution in [3.8, 4) is 0 Å². The van der Waals surface area contributed by atoms with Crippen LogP contribution < -0.4 is 5.32 Å². The molecule has 2 saturated heterocycles. The lowest BCUT2D eigenvalue weighted by molar-refractivity contribution is 0.0375. The Labute approximate surface area is 169 Å². The van der Waals surface area contributed by atoms with Gasteiger partial charge in [0.15, 0.2) is 11.8 Å². The molecule has 0 amide bonds. The van der Waals surface area contributed by atoms with Gasteiger partial charge in [0.05, 0.1) is 13.2 Å². The van der Waals surface area contributed by atoms with Crippen LogP contribution >= 0.6 is 0 Å². The molecule has 0 spiro atoms. The van der Waals surface area contributed by atoms with Crippen LogP contribution in [0.1, 0.15) is 38.3 Å². The number of aliphatic imine (C=N–C) groups is 1. The van der Waals surface area contributed by atoms with Crippen LogP contribution in [0.4, 0.5) is 0 Å². The Morgan fingerprint density at radius 1 is 1.18 bits per heavy atom. The summed E-state index contributed by atoms with van der Waals surface area (Å²) in [5.74, 6) is 4.23. The largest absolute Gasteiger partial charge is 0.379 e. The van der Waals surface area contributed by atoms with Crippen molar-refractivity contribution in [3.63, 3.8) is 0 Å². The number of likely N-dealkylation sites (tertiary alicyclic amines) is 1. The van der Waals surface area contributed by atoms with Crippen LogP contribution in [0, 0.1) is 18.8 Å². The quantitative estimate of drug-likeness (QED) is 0.447. The van der Waals surface area contributed by atoms with Gasteiger partial charge in [0, 0.05) is 39.8 Å². The highest BCUT2D eigenvalue weighted by atomic mass is 16.5. The fourth-order valence-corrected chi connectivity index (χ4v) is 4.17. The zero-order valence-corrected chi connectivity index (χ0v) is 18.0. The number of nitrogens with one attached hydrogen (secondary N) is 1. The Bertz CT molecular complexity index is 628. The van der Waals surface area contributed by atoms with Crippen molar-refractivity contribution in [2.24, 2.45) is 23.9 Å². The standard InChI is InChI=1S/C20H37N7O/c1-16-12-17(2)15-27(14-16)20(22-13-19-24-23-18(3)25(19)4)21-6-5-7-26-8-10-28-11-9-26/h16-17H,5-15H2,1-4H3,(H,21,22). The average Bonchev–Trinajstić information content (AvgIpc) is 2.99. The van der Waals surface area contributed by atoms with Crippen molar-refractivity contribution in [3.05, 3.63) is 11.6 Å². The zero-order chi connectivity index (χ0) is 19.9. The Kier molecular flexibility index (Phi) is 7.67. The van der Waals surface area contributed by atoms with Crippen molar-refractivity contribution in [2.75, 3.05) is 52.5 Å². The van der Waals surface area contributed by atoms with Gasteiger partial charge in [-0.3, -0.25) is 4.90 Å². The number of ether oxygens (including phenoxy) is 1. The molecule has 3 rings (SSSR count). The third kappa shape index (κ3) is 5.91. The number of rotatable bonds is 6. The molecule has 3 heterocycles. The maximum Gasteiger partial charge on any atom is 0.194 e. The highest BCUT2D eigenvalue weighted by Crippen LogP contribution is 2.21. The van der Waals surface area contributed by atoms with Gasteiger partial charge in [-0.15, -0.1) is 10.2 Å². The molecule has 2 aliphatic heterocycles. The molecule has 1 aromatic rings. The molecule has 1 aromatic heterocycles. The number of guanidine groups is 1. The summed E-state index contributed by atoms with van der Waals surface area (Å²) in [5, 5.41) is 12.0. The summed E-state index contributed by atoms with van der Waals surface area (Å²) < 4.78 is 7.45. The first-order valence-corrected chi connectivity index (χ1v) is 10.7. The highest BCUT2D eigenvalue weighted by molar-refractivity contribution is 5.80. The van der Waals surface area contributed by atoms with E-state index in [0.717, 1.165) is 76.5 Å². The van der Waals surface area contributed by atoms with Crippen LogP contribution in [-0.2, 0) is 18.3 Å². The minimum absolute atomic E-state index is 0.558. The predicted molar refractivity (Wildman–Crippen MR) is 111 cm³/mol. The molecule has 1 N–H and O–H groups in total. The van der Waals surface area contributed by atoms with Crippen molar-refractivity contribution >= 4 is 5.96 Å². The molecule has 28 heavy (non-hydrogen) atoms. The second kappa shape index (κ2) is 10.2. The lowest BCUT2D eigenvalue weighted by Gasteiger charge is -2.37. The second-order valence-electron chi connectivity index (χ2n) is 8.45. The molecule has 0 bridgehead atoms. The van der Waals surface area contributed by atoms with Gasteiger partial charge in [-0.2, -0.15) is 0 Å². The van der Waals surface area contributed by atoms with Crippen LogP contribution in [0.2, 0.25) is 0 Å². The Balaban J connectivity index is 1.58. The number of aryl methyl sites for hydroxylation is 1. The number of piperidine rings is 1. The SMILES string of the molecule is Cc1nnc(CN=C(NCCCN2CCOCC2)N2CC(C)CC(C)C2)n1C. The second-order valence-corrected chi connectivity index (χ2v) is 8.45. The predicted octanol–water partition coefficient (Wildman–Crippen LogP) is 1.27. The molecule has 2 fully saturated rings. The fourth-order valence-electron chi connectivity index (χ4n) is 4.17. The molecule has 2 aliphatic rings. The smallest absolute Gasteiger partial charge is 0.194 e. The molecule has 158 valence electrons. The van der Waals surface area contributed by atoms with E-state index >= 15 is 0 Å². The molecular weight excluding hydrogens is 354 g/mol. The third-order valence-electron chi connectivity index (χ3n) is 5.76. The van der Waals surface area contributed by atoms with Gasteiger partial charge in [0.2, 0.25) is 0 Å². The van der Waals surface area contributed by atoms with Crippen LogP contribution in [0.3, 0.4) is 0 Å². The first-order chi connectivity index (χ1) is 13.5. The molecule has 0 aromatic carbocycles. The fraction of sp³-hybridized carbons (Fsp3) is 0.850. The first-order valence-electron chi connectivity index (χ1n) is 10.7. The minimum Gasteiger partial charge on any atom is -0.379 e. The van der Waals surface area contributed by atoms with E-state index in [1.54, 1.807) is 0 Å². The molecule has 2 unspecified atom stereocenters. The highest BCUT2D eigenvalue weighted by Gasteiger charge is 2.24. The van der Waals surface area contributed by atoms with Gasteiger partial charge < -0.3 is 19.5 Å². The summed E-state index contributed by atoms with van der Waals surface area (Å²) in [6, 6.07) is 0. The summed E-state index contributed by atoms with van der Waals surface area (Å²) in [6.45, 7) is 15.2. The molecule has 2 atom stereocenters. The molecular formula is C20H37N7O. The number of morpholine rings is 1. The van der Waals surface area contributed by atoms with Gasteiger partial charge in [-0.1, -0.05) is 13.8 Å². The monoisotopic (exact) mass is 391 g/mol. The number of nitrogens with zero attached hydrogens (tertiary/aromatic N) is 6. The van der Waals surface area contributed by atoms with Gasteiger partial charge in [0.1, 0.15) is 12.4 Å². The Hall–Kier alpha value is -1.67. The van der Waals surface area contributed by atoms with E-state index in [9.17, 15) is 0 Å². The molecule has 0 aliphatic carbocycles.